The van der Waals surface area contributed by atoms with Gasteiger partial charge in [0, 0.05) is 24.9 Å². The fourth-order valence-electron chi connectivity index (χ4n) is 2.43. The van der Waals surface area contributed by atoms with E-state index >= 15 is 0 Å². The average molecular weight is 298 g/mol. The van der Waals surface area contributed by atoms with Crippen LogP contribution in [0.4, 0.5) is 0 Å². The van der Waals surface area contributed by atoms with Gasteiger partial charge in [0.05, 0.1) is 0 Å². The SMILES string of the molecule is CC(C)(C)C(=O)NCCCC(=O)N1CCCC1(C)C(=O)O. The van der Waals surface area contributed by atoms with Crippen LogP contribution in [0.1, 0.15) is 53.4 Å². The Hall–Kier alpha value is -1.59. The van der Waals surface area contributed by atoms with Gasteiger partial charge in [-0.25, -0.2) is 4.79 Å². The number of likely N-dealkylation sites (tertiary alicyclic amines) is 1. The summed E-state index contributed by atoms with van der Waals surface area (Å²) in [4.78, 5) is 36.6. The first-order valence-corrected chi connectivity index (χ1v) is 7.41. The molecule has 6 heteroatoms. The van der Waals surface area contributed by atoms with Gasteiger partial charge in [0.2, 0.25) is 11.8 Å². The summed E-state index contributed by atoms with van der Waals surface area (Å²) in [5, 5.41) is 12.1. The van der Waals surface area contributed by atoms with Gasteiger partial charge in [0.15, 0.2) is 0 Å². The minimum atomic E-state index is -1.08. The smallest absolute Gasteiger partial charge is 0.329 e. The first-order valence-electron chi connectivity index (χ1n) is 7.41. The van der Waals surface area contributed by atoms with Gasteiger partial charge >= 0.3 is 5.97 Å². The average Bonchev–Trinajstić information content (AvgIpc) is 2.76. The number of hydrogen-bond acceptors (Lipinski definition) is 3. The molecule has 6 nitrogen and oxygen atoms in total. The molecule has 2 N–H and O–H groups in total. The summed E-state index contributed by atoms with van der Waals surface area (Å²) in [6, 6.07) is 0. The summed E-state index contributed by atoms with van der Waals surface area (Å²) in [6.45, 7) is 8.01. The van der Waals surface area contributed by atoms with Crippen LogP contribution < -0.4 is 5.32 Å². The van der Waals surface area contributed by atoms with Crippen LogP contribution in [0, 0.1) is 5.41 Å². The zero-order valence-electron chi connectivity index (χ0n) is 13.4. The van der Waals surface area contributed by atoms with E-state index in [4.69, 9.17) is 0 Å². The fourth-order valence-corrected chi connectivity index (χ4v) is 2.43. The van der Waals surface area contributed by atoms with Crippen molar-refractivity contribution in [2.75, 3.05) is 13.1 Å². The molecule has 1 atom stereocenters. The van der Waals surface area contributed by atoms with Gasteiger partial charge in [-0.05, 0) is 26.2 Å². The van der Waals surface area contributed by atoms with Gasteiger partial charge in [-0.3, -0.25) is 9.59 Å². The van der Waals surface area contributed by atoms with E-state index in [1.54, 1.807) is 6.92 Å². The van der Waals surface area contributed by atoms with Crippen molar-refractivity contribution in [3.63, 3.8) is 0 Å². The summed E-state index contributed by atoms with van der Waals surface area (Å²) < 4.78 is 0. The maximum atomic E-state index is 12.2. The highest BCUT2D eigenvalue weighted by Gasteiger charge is 2.45. The summed E-state index contributed by atoms with van der Waals surface area (Å²) in [5.41, 5.74) is -1.52. The maximum Gasteiger partial charge on any atom is 0.329 e. The molecule has 0 bridgehead atoms. The molecule has 120 valence electrons. The van der Waals surface area contributed by atoms with Crippen LogP contribution in [0.2, 0.25) is 0 Å². The standard InChI is InChI=1S/C15H26N2O4/c1-14(2,3)12(19)16-9-5-7-11(18)17-10-6-8-15(17,4)13(20)21/h5-10H2,1-4H3,(H,16,19)(H,20,21). The number of hydrogen-bond donors (Lipinski definition) is 2. The minimum Gasteiger partial charge on any atom is -0.480 e. The largest absolute Gasteiger partial charge is 0.480 e. The third-order valence-corrected chi connectivity index (χ3v) is 3.94. The summed E-state index contributed by atoms with van der Waals surface area (Å²) in [7, 11) is 0. The zero-order valence-corrected chi connectivity index (χ0v) is 13.4. The Morgan fingerprint density at radius 1 is 1.29 bits per heavy atom. The van der Waals surface area contributed by atoms with Crippen LogP contribution in [-0.2, 0) is 14.4 Å². The number of rotatable bonds is 5. The third kappa shape index (κ3) is 4.19. The molecule has 21 heavy (non-hydrogen) atoms. The molecule has 1 fully saturated rings. The lowest BCUT2D eigenvalue weighted by Gasteiger charge is -2.31. The molecule has 1 rings (SSSR count). The second-order valence-electron chi connectivity index (χ2n) is 6.84. The molecule has 1 heterocycles. The summed E-state index contributed by atoms with van der Waals surface area (Å²) in [5.74, 6) is -1.15. The molecule has 0 spiro atoms. The van der Waals surface area contributed by atoms with Gasteiger partial charge in [-0.15, -0.1) is 0 Å². The van der Waals surface area contributed by atoms with E-state index in [1.807, 2.05) is 20.8 Å². The van der Waals surface area contributed by atoms with E-state index in [0.717, 1.165) is 6.42 Å². The van der Waals surface area contributed by atoms with Crippen molar-refractivity contribution in [2.24, 2.45) is 5.41 Å². The number of carbonyl (C=O) groups is 3. The number of carboxylic acid groups (broad SMARTS) is 1. The molecule has 0 aromatic rings. The molecular formula is C15H26N2O4. The predicted molar refractivity (Wildman–Crippen MR) is 78.7 cm³/mol. The van der Waals surface area contributed by atoms with E-state index in [-0.39, 0.29) is 18.2 Å². The Bertz CT molecular complexity index is 428. The Balaban J connectivity index is 2.41. The van der Waals surface area contributed by atoms with Gasteiger partial charge in [-0.1, -0.05) is 20.8 Å². The lowest BCUT2D eigenvalue weighted by Crippen LogP contribution is -2.50. The monoisotopic (exact) mass is 298 g/mol. The quantitative estimate of drug-likeness (QED) is 0.751. The van der Waals surface area contributed by atoms with Crippen molar-refractivity contribution in [2.45, 2.75) is 58.9 Å². The number of nitrogens with one attached hydrogen (secondary N) is 1. The van der Waals surface area contributed by atoms with Crippen LogP contribution in [0.3, 0.4) is 0 Å². The van der Waals surface area contributed by atoms with Crippen LogP contribution in [0.5, 0.6) is 0 Å². The molecule has 2 amide bonds. The Labute approximate surface area is 125 Å². The Morgan fingerprint density at radius 2 is 1.90 bits per heavy atom. The van der Waals surface area contributed by atoms with Crippen molar-refractivity contribution < 1.29 is 19.5 Å². The van der Waals surface area contributed by atoms with E-state index in [0.29, 0.717) is 25.9 Å². The van der Waals surface area contributed by atoms with Crippen LogP contribution in [0.15, 0.2) is 0 Å². The number of carboxylic acids is 1. The molecule has 0 aliphatic carbocycles. The fraction of sp³-hybridized carbons (Fsp3) is 0.800. The second kappa shape index (κ2) is 6.45. The molecular weight excluding hydrogens is 272 g/mol. The topological polar surface area (TPSA) is 86.7 Å². The zero-order chi connectivity index (χ0) is 16.3. The van der Waals surface area contributed by atoms with Crippen molar-refractivity contribution in [3.05, 3.63) is 0 Å². The van der Waals surface area contributed by atoms with Crippen molar-refractivity contribution in [3.8, 4) is 0 Å². The van der Waals surface area contributed by atoms with Crippen molar-refractivity contribution >= 4 is 17.8 Å². The van der Waals surface area contributed by atoms with Gasteiger partial charge < -0.3 is 15.3 Å². The maximum absolute atomic E-state index is 12.2. The molecule has 1 unspecified atom stereocenters. The number of aliphatic carboxylic acids is 1. The van der Waals surface area contributed by atoms with Crippen LogP contribution in [0.25, 0.3) is 0 Å². The lowest BCUT2D eigenvalue weighted by atomic mass is 9.96. The number of amides is 2. The predicted octanol–water partition coefficient (Wildman–Crippen LogP) is 1.39. The lowest BCUT2D eigenvalue weighted by molar-refractivity contribution is -0.155. The normalized spacial score (nSPS) is 22.2. The molecule has 1 aliphatic heterocycles. The third-order valence-electron chi connectivity index (χ3n) is 3.94. The van der Waals surface area contributed by atoms with Gasteiger partial charge in [0.25, 0.3) is 0 Å². The first-order chi connectivity index (χ1) is 9.59. The van der Waals surface area contributed by atoms with Crippen LogP contribution >= 0.6 is 0 Å². The molecule has 0 aromatic heterocycles. The van der Waals surface area contributed by atoms with Crippen molar-refractivity contribution in [1.82, 2.24) is 10.2 Å². The first kappa shape index (κ1) is 17.5. The number of carbonyl (C=O) groups excluding carboxylic acids is 2. The second-order valence-corrected chi connectivity index (χ2v) is 6.84. The highest BCUT2D eigenvalue weighted by molar-refractivity contribution is 5.87. The van der Waals surface area contributed by atoms with Gasteiger partial charge in [0.1, 0.15) is 5.54 Å². The molecule has 0 aromatic carbocycles. The molecule has 0 radical (unpaired) electrons. The number of nitrogens with zero attached hydrogens (tertiary/aromatic N) is 1. The van der Waals surface area contributed by atoms with Crippen molar-refractivity contribution in [1.29, 1.82) is 0 Å². The molecule has 1 aliphatic rings. The van der Waals surface area contributed by atoms with E-state index < -0.39 is 16.9 Å². The Morgan fingerprint density at radius 3 is 2.43 bits per heavy atom. The molecule has 0 saturated carbocycles. The van der Waals surface area contributed by atoms with E-state index in [1.165, 1.54) is 4.90 Å². The van der Waals surface area contributed by atoms with E-state index in [2.05, 4.69) is 5.32 Å². The van der Waals surface area contributed by atoms with E-state index in [9.17, 15) is 19.5 Å². The highest BCUT2D eigenvalue weighted by Crippen LogP contribution is 2.29. The summed E-state index contributed by atoms with van der Waals surface area (Å²) in [6.07, 6.45) is 1.99. The highest BCUT2D eigenvalue weighted by atomic mass is 16.4. The molecule has 1 saturated heterocycles. The Kier molecular flexibility index (Phi) is 5.36. The summed E-state index contributed by atoms with van der Waals surface area (Å²) >= 11 is 0. The van der Waals surface area contributed by atoms with Gasteiger partial charge in [-0.2, -0.15) is 0 Å². The van der Waals surface area contributed by atoms with Crippen LogP contribution in [-0.4, -0.2) is 46.4 Å². The minimum absolute atomic E-state index is 0.0495.